The van der Waals surface area contributed by atoms with E-state index in [4.69, 9.17) is 18.9 Å². The number of aliphatic hydroxyl groups excluding tert-OH is 1. The number of Topliss-reactive ketones (excluding diaryl/α,β-unsaturated/α-hetero) is 1. The first kappa shape index (κ1) is 13.9. The molecule has 0 aromatic carbocycles. The number of rotatable bonds is 2. The molecule has 0 aromatic heterocycles. The van der Waals surface area contributed by atoms with E-state index >= 15 is 0 Å². The van der Waals surface area contributed by atoms with Crippen molar-refractivity contribution in [2.24, 2.45) is 0 Å². The van der Waals surface area contributed by atoms with E-state index in [0.29, 0.717) is 0 Å². The van der Waals surface area contributed by atoms with E-state index in [9.17, 15) is 9.90 Å². The topological polar surface area (TPSA) is 74.2 Å². The van der Waals surface area contributed by atoms with Gasteiger partial charge in [0, 0.05) is 0 Å². The van der Waals surface area contributed by atoms with Crippen LogP contribution in [0, 0.1) is 0 Å². The van der Waals surface area contributed by atoms with E-state index in [-0.39, 0.29) is 19.0 Å². The monoisotopic (exact) mass is 260 g/mol. The SMILES string of the molecule is CC1(C)OC[C@H]([C@H](O)[C@H]2OC(C)(C)OCC2=O)O1. The molecule has 0 aromatic rings. The first-order chi connectivity index (χ1) is 8.20. The molecule has 0 spiro atoms. The van der Waals surface area contributed by atoms with Gasteiger partial charge in [-0.25, -0.2) is 0 Å². The van der Waals surface area contributed by atoms with E-state index in [0.717, 1.165) is 0 Å². The standard InChI is InChI=1S/C12H20O6/c1-11(2)16-6-8(17-11)9(14)10-7(13)5-15-12(3,4)18-10/h8-10,14H,5-6H2,1-4H3/t8-,9+,10+/m1/s1. The number of carbonyl (C=O) groups is 1. The number of ether oxygens (including phenoxy) is 4. The normalized spacial score (nSPS) is 36.6. The highest BCUT2D eigenvalue weighted by Crippen LogP contribution is 2.29. The van der Waals surface area contributed by atoms with Crippen LogP contribution in [-0.2, 0) is 23.7 Å². The molecule has 0 aliphatic carbocycles. The molecule has 18 heavy (non-hydrogen) atoms. The van der Waals surface area contributed by atoms with Crippen LogP contribution in [0.15, 0.2) is 0 Å². The smallest absolute Gasteiger partial charge is 0.190 e. The highest BCUT2D eigenvalue weighted by Gasteiger charge is 2.46. The maximum absolute atomic E-state index is 11.7. The van der Waals surface area contributed by atoms with Gasteiger partial charge in [0.1, 0.15) is 24.9 Å². The molecule has 0 amide bonds. The lowest BCUT2D eigenvalue weighted by molar-refractivity contribution is -0.277. The molecule has 2 heterocycles. The molecule has 2 rings (SSSR count). The molecule has 2 aliphatic heterocycles. The summed E-state index contributed by atoms with van der Waals surface area (Å²) in [5.74, 6) is -1.90. The van der Waals surface area contributed by atoms with E-state index in [1.807, 2.05) is 0 Å². The van der Waals surface area contributed by atoms with Crippen molar-refractivity contribution in [1.82, 2.24) is 0 Å². The number of carbonyl (C=O) groups excluding carboxylic acids is 1. The average Bonchev–Trinajstić information content (AvgIpc) is 2.61. The molecule has 2 aliphatic rings. The van der Waals surface area contributed by atoms with Crippen molar-refractivity contribution < 1.29 is 28.8 Å². The Morgan fingerprint density at radius 1 is 1.17 bits per heavy atom. The van der Waals surface area contributed by atoms with E-state index in [2.05, 4.69) is 0 Å². The van der Waals surface area contributed by atoms with Gasteiger partial charge in [-0.05, 0) is 27.7 Å². The van der Waals surface area contributed by atoms with Crippen molar-refractivity contribution in [3.05, 3.63) is 0 Å². The van der Waals surface area contributed by atoms with Gasteiger partial charge in [0.15, 0.2) is 17.4 Å². The van der Waals surface area contributed by atoms with Gasteiger partial charge < -0.3 is 24.1 Å². The van der Waals surface area contributed by atoms with Crippen LogP contribution in [-0.4, -0.2) is 54.0 Å². The zero-order valence-electron chi connectivity index (χ0n) is 11.1. The van der Waals surface area contributed by atoms with E-state index in [1.165, 1.54) is 0 Å². The highest BCUT2D eigenvalue weighted by atomic mass is 16.8. The van der Waals surface area contributed by atoms with Gasteiger partial charge in [0.25, 0.3) is 0 Å². The van der Waals surface area contributed by atoms with Crippen molar-refractivity contribution in [1.29, 1.82) is 0 Å². The first-order valence-electron chi connectivity index (χ1n) is 6.04. The largest absolute Gasteiger partial charge is 0.387 e. The molecular weight excluding hydrogens is 240 g/mol. The fourth-order valence-corrected chi connectivity index (χ4v) is 2.07. The Morgan fingerprint density at radius 3 is 2.33 bits per heavy atom. The zero-order chi connectivity index (χ0) is 13.6. The lowest BCUT2D eigenvalue weighted by atomic mass is 10.0. The summed E-state index contributed by atoms with van der Waals surface area (Å²) in [4.78, 5) is 11.7. The Labute approximate surface area is 106 Å². The minimum Gasteiger partial charge on any atom is -0.387 e. The van der Waals surface area contributed by atoms with Crippen LogP contribution in [0.25, 0.3) is 0 Å². The fraction of sp³-hybridized carbons (Fsp3) is 0.917. The Kier molecular flexibility index (Phi) is 3.50. The van der Waals surface area contributed by atoms with Crippen LogP contribution in [0.1, 0.15) is 27.7 Å². The molecule has 1 N–H and O–H groups in total. The van der Waals surface area contributed by atoms with Gasteiger partial charge in [0.05, 0.1) is 6.61 Å². The Bertz CT molecular complexity index is 337. The molecule has 0 unspecified atom stereocenters. The maximum Gasteiger partial charge on any atom is 0.190 e. The summed E-state index contributed by atoms with van der Waals surface area (Å²) in [6, 6.07) is 0. The van der Waals surface area contributed by atoms with Gasteiger partial charge >= 0.3 is 0 Å². The van der Waals surface area contributed by atoms with Crippen LogP contribution in [0.4, 0.5) is 0 Å². The van der Waals surface area contributed by atoms with Gasteiger partial charge in [-0.2, -0.15) is 0 Å². The summed E-state index contributed by atoms with van der Waals surface area (Å²) in [5, 5.41) is 10.2. The second-order valence-corrected chi connectivity index (χ2v) is 5.55. The predicted molar refractivity (Wildman–Crippen MR) is 60.8 cm³/mol. The number of ketones is 1. The van der Waals surface area contributed by atoms with Gasteiger partial charge in [-0.1, -0.05) is 0 Å². The Hall–Kier alpha value is -0.530. The minimum atomic E-state index is -1.05. The zero-order valence-corrected chi connectivity index (χ0v) is 11.1. The first-order valence-corrected chi connectivity index (χ1v) is 6.04. The predicted octanol–water partition coefficient (Wildman–Crippen LogP) is 0.219. The molecule has 2 fully saturated rings. The molecule has 6 heteroatoms. The molecule has 2 saturated heterocycles. The number of aliphatic hydroxyl groups is 1. The van der Waals surface area contributed by atoms with Crippen molar-refractivity contribution in [3.8, 4) is 0 Å². The molecule has 104 valence electrons. The van der Waals surface area contributed by atoms with Crippen molar-refractivity contribution >= 4 is 5.78 Å². The lowest BCUT2D eigenvalue weighted by Crippen LogP contribution is -2.54. The Balaban J connectivity index is 2.04. The molecule has 0 bridgehead atoms. The number of hydrogen-bond acceptors (Lipinski definition) is 6. The second-order valence-electron chi connectivity index (χ2n) is 5.55. The van der Waals surface area contributed by atoms with Crippen molar-refractivity contribution in [2.75, 3.05) is 13.2 Å². The third-order valence-corrected chi connectivity index (χ3v) is 3.01. The molecular formula is C12H20O6. The van der Waals surface area contributed by atoms with E-state index in [1.54, 1.807) is 27.7 Å². The fourth-order valence-electron chi connectivity index (χ4n) is 2.07. The van der Waals surface area contributed by atoms with Crippen molar-refractivity contribution in [3.63, 3.8) is 0 Å². The van der Waals surface area contributed by atoms with Gasteiger partial charge in [-0.3, -0.25) is 4.79 Å². The maximum atomic E-state index is 11.7. The highest BCUT2D eigenvalue weighted by molar-refractivity contribution is 5.85. The Morgan fingerprint density at radius 2 is 1.78 bits per heavy atom. The van der Waals surface area contributed by atoms with Crippen LogP contribution >= 0.6 is 0 Å². The molecule has 0 radical (unpaired) electrons. The van der Waals surface area contributed by atoms with Crippen LogP contribution in [0.3, 0.4) is 0 Å². The molecule has 3 atom stereocenters. The summed E-state index contributed by atoms with van der Waals surface area (Å²) < 4.78 is 21.6. The van der Waals surface area contributed by atoms with Crippen LogP contribution in [0.5, 0.6) is 0 Å². The van der Waals surface area contributed by atoms with Crippen LogP contribution in [0.2, 0.25) is 0 Å². The summed E-state index contributed by atoms with van der Waals surface area (Å²) >= 11 is 0. The number of hydrogen-bond donors (Lipinski definition) is 1. The summed E-state index contributed by atoms with van der Waals surface area (Å²) in [6.45, 7) is 7.10. The summed E-state index contributed by atoms with van der Waals surface area (Å²) in [5.41, 5.74) is 0. The second kappa shape index (κ2) is 4.54. The molecule has 0 saturated carbocycles. The molecule has 6 nitrogen and oxygen atoms in total. The quantitative estimate of drug-likeness (QED) is 0.765. The van der Waals surface area contributed by atoms with Crippen LogP contribution < -0.4 is 0 Å². The van der Waals surface area contributed by atoms with Gasteiger partial charge in [-0.15, -0.1) is 0 Å². The van der Waals surface area contributed by atoms with Crippen molar-refractivity contribution in [2.45, 2.75) is 57.6 Å². The third kappa shape index (κ3) is 2.89. The van der Waals surface area contributed by atoms with E-state index < -0.39 is 29.9 Å². The summed E-state index contributed by atoms with van der Waals surface area (Å²) in [6.07, 6.45) is -2.55. The average molecular weight is 260 g/mol. The lowest BCUT2D eigenvalue weighted by Gasteiger charge is -2.37. The third-order valence-electron chi connectivity index (χ3n) is 3.01. The summed E-state index contributed by atoms with van der Waals surface area (Å²) in [7, 11) is 0. The minimum absolute atomic E-state index is 0.0638. The van der Waals surface area contributed by atoms with Gasteiger partial charge in [0.2, 0.25) is 0 Å².